The molecule has 0 aliphatic heterocycles. The molecule has 70 heavy (non-hydrogen) atoms. The predicted molar refractivity (Wildman–Crippen MR) is 307 cm³/mol. The molecule has 0 saturated carbocycles. The van der Waals surface area contributed by atoms with Gasteiger partial charge in [0.2, 0.25) is 5.91 Å². The van der Waals surface area contributed by atoms with Crippen molar-refractivity contribution < 1.29 is 25.2 Å². The number of rotatable bonds is 57. The molecule has 0 saturated heterocycles. The van der Waals surface area contributed by atoms with Gasteiger partial charge in [0.1, 0.15) is 12.2 Å². The van der Waals surface area contributed by atoms with Gasteiger partial charge < -0.3 is 25.7 Å². The normalized spacial score (nSPS) is 14.0. The van der Waals surface area contributed by atoms with Crippen molar-refractivity contribution in [3.63, 3.8) is 0 Å². The Morgan fingerprint density at radius 2 is 0.600 bits per heavy atom. The van der Waals surface area contributed by atoms with Crippen LogP contribution in [0.25, 0.3) is 0 Å². The van der Waals surface area contributed by atoms with Crippen molar-refractivity contribution in [3.05, 3.63) is 48.6 Å². The summed E-state index contributed by atoms with van der Waals surface area (Å²) in [6, 6.07) is -1.02. The van der Waals surface area contributed by atoms with Crippen molar-refractivity contribution in [2.45, 2.75) is 346 Å². The molecule has 6 heteroatoms. The van der Waals surface area contributed by atoms with Crippen LogP contribution in [0.2, 0.25) is 0 Å². The number of aliphatic hydroxyl groups excluding tert-OH is 4. The van der Waals surface area contributed by atoms with Crippen LogP contribution in [0.1, 0.15) is 322 Å². The Balaban J connectivity index is 3.68. The van der Waals surface area contributed by atoms with Gasteiger partial charge in [-0.25, -0.2) is 0 Å². The maximum Gasteiger partial charge on any atom is 0.249 e. The van der Waals surface area contributed by atoms with Crippen molar-refractivity contribution in [2.75, 3.05) is 6.61 Å². The number of carbonyl (C=O) groups excluding carboxylic acids is 1. The Morgan fingerprint density at radius 1 is 0.343 bits per heavy atom. The van der Waals surface area contributed by atoms with Crippen molar-refractivity contribution >= 4 is 5.91 Å². The smallest absolute Gasteiger partial charge is 0.249 e. The molecule has 0 aromatic rings. The number of carbonyl (C=O) groups is 1. The number of unbranched alkanes of at least 4 members (excludes halogenated alkanes) is 40. The lowest BCUT2D eigenvalue weighted by Gasteiger charge is -2.27. The average Bonchev–Trinajstić information content (AvgIpc) is 3.36. The Morgan fingerprint density at radius 3 is 0.900 bits per heavy atom. The number of hydrogen-bond donors (Lipinski definition) is 5. The van der Waals surface area contributed by atoms with E-state index in [1.807, 2.05) is 0 Å². The van der Waals surface area contributed by atoms with Crippen LogP contribution in [0.5, 0.6) is 0 Å². The van der Waals surface area contributed by atoms with Crippen molar-refractivity contribution in [1.29, 1.82) is 0 Å². The SMILES string of the molecule is CCCCCCCCCCCCCC/C=C\CCCCCCCCCC(O)C(=O)NC(CO)C(O)C(O)CCC/C=C/CC/C=C/CC/C=C/CCCCCCCCCCCCCCCCCCCC. The first-order chi connectivity index (χ1) is 34.5. The monoisotopic (exact) mass is 984 g/mol. The van der Waals surface area contributed by atoms with E-state index in [9.17, 15) is 25.2 Å². The summed E-state index contributed by atoms with van der Waals surface area (Å²) in [5.74, 6) is -0.600. The van der Waals surface area contributed by atoms with Crippen LogP contribution in [-0.4, -0.2) is 57.3 Å². The lowest BCUT2D eigenvalue weighted by Crippen LogP contribution is -2.53. The third kappa shape index (κ3) is 51.2. The number of allylic oxidation sites excluding steroid dienone is 8. The van der Waals surface area contributed by atoms with E-state index in [1.54, 1.807) is 0 Å². The molecule has 412 valence electrons. The molecule has 0 spiro atoms. The molecule has 0 aliphatic carbocycles. The fourth-order valence-electron chi connectivity index (χ4n) is 9.61. The molecule has 0 bridgehead atoms. The predicted octanol–water partition coefficient (Wildman–Crippen LogP) is 18.5. The minimum Gasteiger partial charge on any atom is -0.394 e. The molecule has 4 atom stereocenters. The number of aliphatic hydroxyl groups is 4. The Hall–Kier alpha value is -1.73. The van der Waals surface area contributed by atoms with Crippen LogP contribution in [0.3, 0.4) is 0 Å². The summed E-state index contributed by atoms with van der Waals surface area (Å²) in [6.07, 6.45) is 74.9. The zero-order valence-corrected chi connectivity index (χ0v) is 46.8. The number of nitrogens with one attached hydrogen (secondary N) is 1. The van der Waals surface area contributed by atoms with Crippen LogP contribution in [0.4, 0.5) is 0 Å². The van der Waals surface area contributed by atoms with Crippen LogP contribution in [0, 0.1) is 0 Å². The van der Waals surface area contributed by atoms with Gasteiger partial charge in [-0.2, -0.15) is 0 Å². The minimum absolute atomic E-state index is 0.353. The van der Waals surface area contributed by atoms with E-state index in [1.165, 1.54) is 238 Å². The van der Waals surface area contributed by atoms with Crippen molar-refractivity contribution in [3.8, 4) is 0 Å². The third-order valence-corrected chi connectivity index (χ3v) is 14.5. The molecule has 0 aromatic heterocycles. The van der Waals surface area contributed by atoms with Gasteiger partial charge in [-0.1, -0.05) is 281 Å². The van der Waals surface area contributed by atoms with Gasteiger partial charge in [0.25, 0.3) is 0 Å². The van der Waals surface area contributed by atoms with E-state index in [0.29, 0.717) is 19.3 Å². The van der Waals surface area contributed by atoms with E-state index in [4.69, 9.17) is 0 Å². The fourth-order valence-corrected chi connectivity index (χ4v) is 9.61. The second kappa shape index (κ2) is 58.2. The topological polar surface area (TPSA) is 110 Å². The Bertz CT molecular complexity index is 1150. The van der Waals surface area contributed by atoms with Gasteiger partial charge in [0.15, 0.2) is 0 Å². The molecule has 0 radical (unpaired) electrons. The van der Waals surface area contributed by atoms with E-state index in [2.05, 4.69) is 67.8 Å². The molecular formula is C64H121NO5. The Labute approximate surface area is 436 Å². The largest absolute Gasteiger partial charge is 0.394 e. The number of amides is 1. The van der Waals surface area contributed by atoms with Gasteiger partial charge in [-0.15, -0.1) is 0 Å². The van der Waals surface area contributed by atoms with Crippen molar-refractivity contribution in [2.24, 2.45) is 0 Å². The average molecular weight is 985 g/mol. The highest BCUT2D eigenvalue weighted by atomic mass is 16.3. The zero-order chi connectivity index (χ0) is 50.9. The van der Waals surface area contributed by atoms with Gasteiger partial charge >= 0.3 is 0 Å². The first-order valence-corrected chi connectivity index (χ1v) is 31.0. The summed E-state index contributed by atoms with van der Waals surface area (Å²) >= 11 is 0. The van der Waals surface area contributed by atoms with Crippen LogP contribution in [0.15, 0.2) is 48.6 Å². The highest BCUT2D eigenvalue weighted by Crippen LogP contribution is 2.17. The minimum atomic E-state index is -1.30. The fraction of sp³-hybridized carbons (Fsp3) is 0.859. The lowest BCUT2D eigenvalue weighted by atomic mass is 10.00. The summed E-state index contributed by atoms with van der Waals surface area (Å²) < 4.78 is 0. The molecule has 0 heterocycles. The summed E-state index contributed by atoms with van der Waals surface area (Å²) in [7, 11) is 0. The van der Waals surface area contributed by atoms with Gasteiger partial charge in [-0.05, 0) is 89.9 Å². The molecule has 6 nitrogen and oxygen atoms in total. The summed E-state index contributed by atoms with van der Waals surface area (Å²) in [4.78, 5) is 12.6. The summed E-state index contributed by atoms with van der Waals surface area (Å²) in [6.45, 7) is 4.07. The first-order valence-electron chi connectivity index (χ1n) is 31.0. The van der Waals surface area contributed by atoms with E-state index >= 15 is 0 Å². The second-order valence-corrected chi connectivity index (χ2v) is 21.4. The standard InChI is InChI=1S/C64H121NO5/c1-3-5-7-9-11-13-15-17-19-21-23-25-27-28-29-30-31-32-33-34-36-37-39-41-43-45-47-49-51-53-55-57-61(67)63(69)60(59-66)65-64(70)62(68)58-56-54-52-50-48-46-44-42-40-38-35-26-24-22-20-18-16-14-12-10-8-6-4-2/h34,36,38,40-41,43,49,51,60-63,66-69H,3-33,35,37,39,42,44-48,50,52-59H2,1-2H3,(H,65,70)/b36-34+,40-38-,43-41+,51-49+. The summed E-state index contributed by atoms with van der Waals surface area (Å²) in [5, 5.41) is 44.0. The van der Waals surface area contributed by atoms with Crippen LogP contribution >= 0.6 is 0 Å². The van der Waals surface area contributed by atoms with Gasteiger partial charge in [-0.3, -0.25) is 4.79 Å². The molecule has 0 aliphatic rings. The highest BCUT2D eigenvalue weighted by molar-refractivity contribution is 5.80. The van der Waals surface area contributed by atoms with Crippen molar-refractivity contribution in [1.82, 2.24) is 5.32 Å². The third-order valence-electron chi connectivity index (χ3n) is 14.5. The Kier molecular flexibility index (Phi) is 56.7. The van der Waals surface area contributed by atoms with E-state index < -0.39 is 36.9 Å². The lowest BCUT2D eigenvalue weighted by molar-refractivity contribution is -0.132. The van der Waals surface area contributed by atoms with Gasteiger partial charge in [0.05, 0.1) is 18.8 Å². The molecule has 0 fully saturated rings. The molecule has 4 unspecified atom stereocenters. The van der Waals surface area contributed by atoms with E-state index in [-0.39, 0.29) is 0 Å². The number of hydrogen-bond acceptors (Lipinski definition) is 5. The summed E-state index contributed by atoms with van der Waals surface area (Å²) in [5.41, 5.74) is 0. The molecule has 0 aromatic carbocycles. The first kappa shape index (κ1) is 68.3. The maximum absolute atomic E-state index is 12.6. The highest BCUT2D eigenvalue weighted by Gasteiger charge is 2.28. The molecule has 5 N–H and O–H groups in total. The van der Waals surface area contributed by atoms with E-state index in [0.717, 1.165) is 51.4 Å². The quantitative estimate of drug-likeness (QED) is 0.0308. The zero-order valence-electron chi connectivity index (χ0n) is 46.8. The second-order valence-electron chi connectivity index (χ2n) is 21.4. The van der Waals surface area contributed by atoms with Gasteiger partial charge in [0, 0.05) is 0 Å². The van der Waals surface area contributed by atoms with Crippen LogP contribution in [-0.2, 0) is 4.79 Å². The molecule has 0 rings (SSSR count). The maximum atomic E-state index is 12.6. The van der Waals surface area contributed by atoms with Crippen LogP contribution < -0.4 is 5.32 Å². The molecule has 1 amide bonds. The molecular weight excluding hydrogens is 863 g/mol.